The van der Waals surface area contributed by atoms with Crippen LogP contribution in [0.3, 0.4) is 0 Å². The number of benzene rings is 2. The number of amides is 1. The minimum absolute atomic E-state index is 0.298. The second kappa shape index (κ2) is 5.52. The predicted molar refractivity (Wildman–Crippen MR) is 88.4 cm³/mol. The van der Waals surface area contributed by atoms with Gasteiger partial charge in [0.1, 0.15) is 0 Å². The minimum Gasteiger partial charge on any atom is -0.375 e. The lowest BCUT2D eigenvalue weighted by Gasteiger charge is -2.07. The Balaban J connectivity index is 1.88. The van der Waals surface area contributed by atoms with Crippen molar-refractivity contribution in [1.82, 2.24) is 4.98 Å². The Morgan fingerprint density at radius 1 is 1.19 bits per heavy atom. The van der Waals surface area contributed by atoms with Crippen LogP contribution in [0.1, 0.15) is 10.4 Å². The van der Waals surface area contributed by atoms with Crippen LogP contribution >= 0.6 is 34.5 Å². The van der Waals surface area contributed by atoms with Crippen molar-refractivity contribution in [2.24, 2.45) is 0 Å². The highest BCUT2D eigenvalue weighted by Crippen LogP contribution is 2.27. The lowest BCUT2D eigenvalue weighted by Crippen LogP contribution is -2.12. The van der Waals surface area contributed by atoms with Gasteiger partial charge in [-0.3, -0.25) is 4.79 Å². The molecule has 1 aromatic heterocycles. The van der Waals surface area contributed by atoms with Gasteiger partial charge in [-0.25, -0.2) is 4.98 Å². The maximum absolute atomic E-state index is 12.2. The number of nitrogen functional groups attached to an aromatic ring is 1. The Morgan fingerprint density at radius 2 is 2.00 bits per heavy atom. The molecule has 106 valence electrons. The van der Waals surface area contributed by atoms with Crippen molar-refractivity contribution in [2.45, 2.75) is 0 Å². The number of nitrogens with two attached hydrogens (primary N) is 1. The summed E-state index contributed by atoms with van der Waals surface area (Å²) in [5.74, 6) is -0.298. The normalized spacial score (nSPS) is 10.8. The summed E-state index contributed by atoms with van der Waals surface area (Å²) in [5.41, 5.74) is 7.48. The number of rotatable bonds is 2. The Morgan fingerprint density at radius 3 is 2.76 bits per heavy atom. The average Bonchev–Trinajstić information content (AvgIpc) is 2.77. The van der Waals surface area contributed by atoms with Gasteiger partial charge in [0.15, 0.2) is 5.13 Å². The number of nitrogens with one attached hydrogen (secondary N) is 1. The molecule has 0 aliphatic heterocycles. The van der Waals surface area contributed by atoms with Crippen molar-refractivity contribution in [3.8, 4) is 0 Å². The summed E-state index contributed by atoms with van der Waals surface area (Å²) in [5, 5.41) is 4.08. The Labute approximate surface area is 134 Å². The van der Waals surface area contributed by atoms with E-state index in [-0.39, 0.29) is 5.91 Å². The molecule has 0 spiro atoms. The number of anilines is 2. The lowest BCUT2D eigenvalue weighted by molar-refractivity contribution is 0.102. The molecular formula is C14H9Cl2N3OS. The maximum Gasteiger partial charge on any atom is 0.257 e. The van der Waals surface area contributed by atoms with Gasteiger partial charge in [-0.05, 0) is 36.4 Å². The van der Waals surface area contributed by atoms with Crippen molar-refractivity contribution in [2.75, 3.05) is 11.1 Å². The van der Waals surface area contributed by atoms with Crippen molar-refractivity contribution in [3.05, 3.63) is 52.0 Å². The summed E-state index contributed by atoms with van der Waals surface area (Å²) in [4.78, 5) is 16.4. The third-order valence-corrected chi connectivity index (χ3v) is 4.23. The van der Waals surface area contributed by atoms with Crippen LogP contribution in [0.4, 0.5) is 10.8 Å². The second-order valence-corrected chi connectivity index (χ2v) is 6.22. The van der Waals surface area contributed by atoms with Crippen LogP contribution in [0.25, 0.3) is 10.2 Å². The van der Waals surface area contributed by atoms with E-state index in [1.165, 1.54) is 17.4 Å². The molecular weight excluding hydrogens is 329 g/mol. The number of aromatic nitrogens is 1. The standard InChI is InChI=1S/C14H9Cl2N3OS/c15-7-1-3-9(10(16)5-7)13(20)18-8-2-4-11-12(6-8)21-14(17)19-11/h1-6H,(H2,17,19)(H,18,20). The van der Waals surface area contributed by atoms with Crippen molar-refractivity contribution in [1.29, 1.82) is 0 Å². The van der Waals surface area contributed by atoms with Crippen molar-refractivity contribution < 1.29 is 4.79 Å². The number of fused-ring (bicyclic) bond motifs is 1. The highest BCUT2D eigenvalue weighted by molar-refractivity contribution is 7.22. The molecule has 21 heavy (non-hydrogen) atoms. The first-order chi connectivity index (χ1) is 10.0. The molecule has 7 heteroatoms. The summed E-state index contributed by atoms with van der Waals surface area (Å²) >= 11 is 13.2. The van der Waals surface area contributed by atoms with Crippen LogP contribution in [0.5, 0.6) is 0 Å². The van der Waals surface area contributed by atoms with Gasteiger partial charge in [0.05, 0.1) is 20.8 Å². The van der Waals surface area contributed by atoms with Crippen molar-refractivity contribution >= 4 is 61.5 Å². The molecule has 3 rings (SSSR count). The molecule has 0 bridgehead atoms. The van der Waals surface area contributed by atoms with Gasteiger partial charge in [-0.1, -0.05) is 34.5 Å². The van der Waals surface area contributed by atoms with E-state index in [2.05, 4.69) is 10.3 Å². The minimum atomic E-state index is -0.298. The van der Waals surface area contributed by atoms with Crippen LogP contribution in [0.2, 0.25) is 10.0 Å². The zero-order chi connectivity index (χ0) is 15.0. The zero-order valence-corrected chi connectivity index (χ0v) is 12.9. The molecule has 2 aromatic carbocycles. The van der Waals surface area contributed by atoms with E-state index in [0.717, 1.165) is 10.2 Å². The maximum atomic E-state index is 12.2. The number of carbonyl (C=O) groups excluding carboxylic acids is 1. The highest BCUT2D eigenvalue weighted by Gasteiger charge is 2.11. The summed E-state index contributed by atoms with van der Waals surface area (Å²) in [6.07, 6.45) is 0. The molecule has 0 saturated carbocycles. The molecule has 1 heterocycles. The van der Waals surface area contributed by atoms with Crippen LogP contribution < -0.4 is 11.1 Å². The van der Waals surface area contributed by atoms with E-state index in [9.17, 15) is 4.79 Å². The van der Waals surface area contributed by atoms with E-state index in [1.807, 2.05) is 6.07 Å². The predicted octanol–water partition coefficient (Wildman–Crippen LogP) is 4.44. The van der Waals surface area contributed by atoms with Crippen LogP contribution in [-0.2, 0) is 0 Å². The smallest absolute Gasteiger partial charge is 0.257 e. The summed E-state index contributed by atoms with van der Waals surface area (Å²) in [6.45, 7) is 0. The first-order valence-corrected chi connectivity index (χ1v) is 7.52. The monoisotopic (exact) mass is 337 g/mol. The molecule has 0 aliphatic rings. The molecule has 0 aliphatic carbocycles. The Bertz CT molecular complexity index is 847. The summed E-state index contributed by atoms with van der Waals surface area (Å²) < 4.78 is 0.910. The quantitative estimate of drug-likeness (QED) is 0.726. The van der Waals surface area contributed by atoms with Gasteiger partial charge in [0.2, 0.25) is 0 Å². The van der Waals surface area contributed by atoms with E-state index in [0.29, 0.717) is 26.4 Å². The van der Waals surface area contributed by atoms with Gasteiger partial charge in [0, 0.05) is 10.7 Å². The van der Waals surface area contributed by atoms with Crippen LogP contribution in [0.15, 0.2) is 36.4 Å². The lowest BCUT2D eigenvalue weighted by atomic mass is 10.2. The third kappa shape index (κ3) is 2.95. The molecule has 0 saturated heterocycles. The number of halogens is 2. The summed E-state index contributed by atoms with van der Waals surface area (Å²) in [6, 6.07) is 10.1. The molecule has 1 amide bonds. The van der Waals surface area contributed by atoms with Crippen molar-refractivity contribution in [3.63, 3.8) is 0 Å². The van der Waals surface area contributed by atoms with Crippen LogP contribution in [0, 0.1) is 0 Å². The first kappa shape index (κ1) is 14.1. The number of hydrogen-bond donors (Lipinski definition) is 2. The highest BCUT2D eigenvalue weighted by atomic mass is 35.5. The number of nitrogens with zero attached hydrogens (tertiary/aromatic N) is 1. The summed E-state index contributed by atoms with van der Waals surface area (Å²) in [7, 11) is 0. The van der Waals surface area contributed by atoms with Gasteiger partial charge in [0.25, 0.3) is 5.91 Å². The van der Waals surface area contributed by atoms with E-state index in [4.69, 9.17) is 28.9 Å². The van der Waals surface area contributed by atoms with Gasteiger partial charge >= 0.3 is 0 Å². The van der Waals surface area contributed by atoms with E-state index >= 15 is 0 Å². The largest absolute Gasteiger partial charge is 0.375 e. The van der Waals surface area contributed by atoms with Crippen LogP contribution in [-0.4, -0.2) is 10.9 Å². The first-order valence-electron chi connectivity index (χ1n) is 5.95. The van der Waals surface area contributed by atoms with Gasteiger partial charge < -0.3 is 11.1 Å². The molecule has 0 atom stereocenters. The number of thiazole rings is 1. The zero-order valence-electron chi connectivity index (χ0n) is 10.6. The Kier molecular flexibility index (Phi) is 3.71. The van der Waals surface area contributed by atoms with E-state index in [1.54, 1.807) is 24.3 Å². The third-order valence-electron chi connectivity index (χ3n) is 2.84. The van der Waals surface area contributed by atoms with Gasteiger partial charge in [-0.15, -0.1) is 0 Å². The molecule has 0 radical (unpaired) electrons. The van der Waals surface area contributed by atoms with Gasteiger partial charge in [-0.2, -0.15) is 0 Å². The number of hydrogen-bond acceptors (Lipinski definition) is 4. The molecule has 0 unspecified atom stereocenters. The molecule has 3 N–H and O–H groups in total. The SMILES string of the molecule is Nc1nc2ccc(NC(=O)c3ccc(Cl)cc3Cl)cc2s1. The molecule has 0 fully saturated rings. The topological polar surface area (TPSA) is 68.0 Å². The Hall–Kier alpha value is -1.82. The fourth-order valence-electron chi connectivity index (χ4n) is 1.89. The average molecular weight is 338 g/mol. The van der Waals surface area contributed by atoms with E-state index < -0.39 is 0 Å². The number of carbonyl (C=O) groups is 1. The molecule has 4 nitrogen and oxygen atoms in total. The fraction of sp³-hybridized carbons (Fsp3) is 0. The fourth-order valence-corrected chi connectivity index (χ4v) is 3.16. The molecule has 3 aromatic rings. The second-order valence-electron chi connectivity index (χ2n) is 4.31.